The highest BCUT2D eigenvalue weighted by Gasteiger charge is 2.08. The zero-order valence-electron chi connectivity index (χ0n) is 13.3. The van der Waals surface area contributed by atoms with Gasteiger partial charge in [0.15, 0.2) is 10.1 Å². The first kappa shape index (κ1) is 16.0. The molecule has 2 aromatic heterocycles. The summed E-state index contributed by atoms with van der Waals surface area (Å²) in [6.45, 7) is 0. The molecular formula is C20H14BO2S2. The second-order valence-corrected chi connectivity index (χ2v) is 7.39. The Morgan fingerprint density at radius 3 is 1.40 bits per heavy atom. The van der Waals surface area contributed by atoms with E-state index < -0.39 is 0 Å². The minimum atomic E-state index is 0.804. The summed E-state index contributed by atoms with van der Waals surface area (Å²) in [5.74, 6) is 0. The molecule has 0 amide bonds. The van der Waals surface area contributed by atoms with Gasteiger partial charge in [-0.25, -0.2) is 0 Å². The molecule has 0 spiro atoms. The number of rotatable bonds is 6. The van der Waals surface area contributed by atoms with Crippen molar-refractivity contribution in [3.63, 3.8) is 0 Å². The van der Waals surface area contributed by atoms with Crippen molar-refractivity contribution in [2.24, 2.45) is 0 Å². The van der Waals surface area contributed by atoms with Gasteiger partial charge in [-0.2, -0.15) is 0 Å². The van der Waals surface area contributed by atoms with E-state index in [1.54, 1.807) is 22.7 Å². The summed E-state index contributed by atoms with van der Waals surface area (Å²) >= 11 is 3.19. The first-order valence-corrected chi connectivity index (χ1v) is 9.47. The molecule has 121 valence electrons. The van der Waals surface area contributed by atoms with Gasteiger partial charge in [0.2, 0.25) is 0 Å². The Morgan fingerprint density at radius 1 is 0.520 bits per heavy atom. The Morgan fingerprint density at radius 2 is 0.960 bits per heavy atom. The lowest BCUT2D eigenvalue weighted by molar-refractivity contribution is 0.473. The summed E-state index contributed by atoms with van der Waals surface area (Å²) in [7, 11) is 1.39. The van der Waals surface area contributed by atoms with Gasteiger partial charge in [0.25, 0.3) is 0 Å². The molecule has 5 heteroatoms. The van der Waals surface area contributed by atoms with Crippen molar-refractivity contribution in [2.75, 3.05) is 0 Å². The van der Waals surface area contributed by atoms with Crippen LogP contribution in [0.2, 0.25) is 0 Å². The van der Waals surface area contributed by atoms with E-state index in [4.69, 9.17) is 9.31 Å². The van der Waals surface area contributed by atoms with Crippen LogP contribution in [0.1, 0.15) is 0 Å². The van der Waals surface area contributed by atoms with Gasteiger partial charge >= 0.3 is 7.69 Å². The van der Waals surface area contributed by atoms with E-state index in [1.807, 2.05) is 48.5 Å². The van der Waals surface area contributed by atoms with E-state index in [1.165, 1.54) is 28.6 Å². The van der Waals surface area contributed by atoms with Crippen LogP contribution in [0.3, 0.4) is 0 Å². The van der Waals surface area contributed by atoms with Crippen LogP contribution in [0.4, 0.5) is 0 Å². The summed E-state index contributed by atoms with van der Waals surface area (Å²) in [5.41, 5.74) is 2.38. The van der Waals surface area contributed by atoms with Gasteiger partial charge in [0.05, 0.1) is 0 Å². The van der Waals surface area contributed by atoms with Crippen LogP contribution in [0.15, 0.2) is 84.9 Å². The molecule has 0 aliphatic rings. The maximum absolute atomic E-state index is 5.61. The largest absolute Gasteiger partial charge is 0.659 e. The summed E-state index contributed by atoms with van der Waals surface area (Å²) in [6, 6.07) is 28.5. The molecule has 2 heterocycles. The smallest absolute Gasteiger partial charge is 0.519 e. The second-order valence-electron chi connectivity index (χ2n) is 5.30. The highest BCUT2D eigenvalue weighted by atomic mass is 32.1. The average Bonchev–Trinajstić information content (AvgIpc) is 3.33. The van der Waals surface area contributed by atoms with Crippen molar-refractivity contribution in [1.82, 2.24) is 0 Å². The van der Waals surface area contributed by atoms with Gasteiger partial charge in [0.1, 0.15) is 0 Å². The molecule has 2 aromatic carbocycles. The van der Waals surface area contributed by atoms with Crippen molar-refractivity contribution in [3.05, 3.63) is 84.9 Å². The van der Waals surface area contributed by atoms with Crippen LogP contribution in [0.25, 0.3) is 20.9 Å². The third kappa shape index (κ3) is 3.95. The van der Waals surface area contributed by atoms with Crippen LogP contribution < -0.4 is 9.31 Å². The summed E-state index contributed by atoms with van der Waals surface area (Å²) in [4.78, 5) is 2.35. The molecule has 1 radical (unpaired) electrons. The topological polar surface area (TPSA) is 18.5 Å². The van der Waals surface area contributed by atoms with E-state index in [9.17, 15) is 0 Å². The molecule has 0 N–H and O–H groups in total. The van der Waals surface area contributed by atoms with Crippen LogP contribution >= 0.6 is 22.7 Å². The number of hydrogen-bond acceptors (Lipinski definition) is 4. The fraction of sp³-hybridized carbons (Fsp3) is 0. The van der Waals surface area contributed by atoms with E-state index in [0.29, 0.717) is 0 Å². The van der Waals surface area contributed by atoms with E-state index in [0.717, 1.165) is 10.1 Å². The Kier molecular flexibility index (Phi) is 4.86. The standard InChI is InChI=1S/C20H14BO2S2/c1-3-7-15(8-4-1)17-11-13-19(24-17)22-21-23-20-14-12-18(25-20)16-9-5-2-6-10-16/h1-14H. The van der Waals surface area contributed by atoms with Crippen molar-refractivity contribution in [2.45, 2.75) is 0 Å². The normalized spacial score (nSPS) is 10.4. The highest BCUT2D eigenvalue weighted by molar-refractivity contribution is 7.17. The van der Waals surface area contributed by atoms with Crippen LogP contribution in [0.5, 0.6) is 10.1 Å². The molecule has 25 heavy (non-hydrogen) atoms. The predicted molar refractivity (Wildman–Crippen MR) is 107 cm³/mol. The van der Waals surface area contributed by atoms with Crippen molar-refractivity contribution >= 4 is 30.4 Å². The van der Waals surface area contributed by atoms with Gasteiger partial charge in [-0.3, -0.25) is 0 Å². The molecule has 2 nitrogen and oxygen atoms in total. The number of thiophene rings is 2. The molecule has 0 aliphatic heterocycles. The maximum Gasteiger partial charge on any atom is 0.659 e. The van der Waals surface area contributed by atoms with Crippen molar-refractivity contribution in [1.29, 1.82) is 0 Å². The van der Waals surface area contributed by atoms with Gasteiger partial charge in [0, 0.05) is 9.75 Å². The van der Waals surface area contributed by atoms with Crippen LogP contribution in [-0.4, -0.2) is 7.69 Å². The van der Waals surface area contributed by atoms with E-state index in [-0.39, 0.29) is 0 Å². The SMILES string of the molecule is [B](Oc1ccc(-c2ccccc2)s1)Oc1ccc(-c2ccccc2)s1. The average molecular weight is 361 g/mol. The number of benzene rings is 2. The lowest BCUT2D eigenvalue weighted by atomic mass is 10.2. The molecule has 0 atom stereocenters. The lowest BCUT2D eigenvalue weighted by Gasteiger charge is -2.01. The van der Waals surface area contributed by atoms with Crippen LogP contribution in [0, 0.1) is 0 Å². The Hall–Kier alpha value is -2.50. The Labute approximate surface area is 155 Å². The second kappa shape index (κ2) is 7.59. The third-order valence-corrected chi connectivity index (χ3v) is 5.66. The summed E-state index contributed by atoms with van der Waals surface area (Å²) in [5, 5.41) is 1.61. The van der Waals surface area contributed by atoms with E-state index >= 15 is 0 Å². The van der Waals surface area contributed by atoms with Crippen LogP contribution in [-0.2, 0) is 0 Å². The molecule has 0 fully saturated rings. The first-order valence-electron chi connectivity index (χ1n) is 7.84. The van der Waals surface area contributed by atoms with Crippen molar-refractivity contribution < 1.29 is 9.31 Å². The van der Waals surface area contributed by atoms with Gasteiger partial charge in [-0.1, -0.05) is 60.7 Å². The fourth-order valence-electron chi connectivity index (χ4n) is 2.40. The molecule has 0 saturated carbocycles. The number of hydrogen-bond donors (Lipinski definition) is 0. The highest BCUT2D eigenvalue weighted by Crippen LogP contribution is 2.34. The lowest BCUT2D eigenvalue weighted by Crippen LogP contribution is -2.08. The zero-order valence-corrected chi connectivity index (χ0v) is 14.9. The monoisotopic (exact) mass is 361 g/mol. The zero-order chi connectivity index (χ0) is 16.9. The maximum atomic E-state index is 5.61. The third-order valence-electron chi connectivity index (χ3n) is 3.61. The Bertz CT molecular complexity index is 855. The molecule has 0 unspecified atom stereocenters. The minimum absolute atomic E-state index is 0.804. The molecule has 4 rings (SSSR count). The van der Waals surface area contributed by atoms with Gasteiger partial charge in [-0.05, 0) is 35.4 Å². The fourth-order valence-corrected chi connectivity index (χ4v) is 4.06. The van der Waals surface area contributed by atoms with Gasteiger partial charge in [-0.15, -0.1) is 22.7 Å². The molecule has 0 aliphatic carbocycles. The minimum Gasteiger partial charge on any atom is -0.519 e. The summed E-state index contributed by atoms with van der Waals surface area (Å²) in [6.07, 6.45) is 0. The summed E-state index contributed by atoms with van der Waals surface area (Å²) < 4.78 is 11.2. The molecular weight excluding hydrogens is 347 g/mol. The molecule has 0 bridgehead atoms. The molecule has 4 aromatic rings. The quantitative estimate of drug-likeness (QED) is 0.384. The molecule has 0 saturated heterocycles. The van der Waals surface area contributed by atoms with Crippen molar-refractivity contribution in [3.8, 4) is 31.0 Å². The van der Waals surface area contributed by atoms with Gasteiger partial charge < -0.3 is 9.31 Å². The predicted octanol–water partition coefficient (Wildman–Crippen LogP) is 6.14. The van der Waals surface area contributed by atoms with E-state index in [2.05, 4.69) is 36.4 Å². The first-order chi connectivity index (χ1) is 12.4. The Balaban J connectivity index is 1.34.